The van der Waals surface area contributed by atoms with E-state index < -0.39 is 10.0 Å². The molecule has 0 atom stereocenters. The number of methoxy groups -OCH3 is 1. The Labute approximate surface area is 151 Å². The van der Waals surface area contributed by atoms with Crippen LogP contribution in [0.4, 0.5) is 5.82 Å². The third kappa shape index (κ3) is 4.19. The van der Waals surface area contributed by atoms with Gasteiger partial charge in [0.05, 0.1) is 7.11 Å². The molecule has 9 heteroatoms. The highest BCUT2D eigenvalue weighted by molar-refractivity contribution is 7.89. The molecule has 0 spiro atoms. The second kappa shape index (κ2) is 7.98. The van der Waals surface area contributed by atoms with Gasteiger partial charge in [0.15, 0.2) is 0 Å². The molecular weight excluding hydrogens is 354 g/mol. The van der Waals surface area contributed by atoms with Gasteiger partial charge in [0.1, 0.15) is 28.6 Å². The van der Waals surface area contributed by atoms with E-state index >= 15 is 0 Å². The lowest BCUT2D eigenvalue weighted by atomic mass is 10.3. The quantitative estimate of drug-likeness (QED) is 0.583. The minimum absolute atomic E-state index is 0.111. The summed E-state index contributed by atoms with van der Waals surface area (Å²) in [6.45, 7) is 0.569. The number of aromatic nitrogens is 3. The Balaban J connectivity index is 1.58. The van der Waals surface area contributed by atoms with Crippen LogP contribution in [0.2, 0.25) is 0 Å². The van der Waals surface area contributed by atoms with E-state index in [1.54, 1.807) is 24.3 Å². The number of rotatable bonds is 8. The Kier molecular flexibility index (Phi) is 5.49. The van der Waals surface area contributed by atoms with Crippen LogP contribution in [0, 0.1) is 0 Å². The number of nitrogens with zero attached hydrogens (tertiary/aromatic N) is 3. The van der Waals surface area contributed by atoms with Crippen LogP contribution in [-0.2, 0) is 10.0 Å². The van der Waals surface area contributed by atoms with E-state index in [0.29, 0.717) is 18.1 Å². The molecule has 0 aliphatic carbocycles. The summed E-state index contributed by atoms with van der Waals surface area (Å²) in [4.78, 5) is 8.44. The summed E-state index contributed by atoms with van der Waals surface area (Å²) < 4.78 is 34.3. The normalized spacial score (nSPS) is 11.3. The maximum absolute atomic E-state index is 12.4. The van der Waals surface area contributed by atoms with Crippen molar-refractivity contribution in [3.05, 3.63) is 61.2 Å². The molecule has 0 aliphatic heterocycles. The first-order valence-electron chi connectivity index (χ1n) is 7.92. The van der Waals surface area contributed by atoms with E-state index in [9.17, 15) is 8.42 Å². The van der Waals surface area contributed by atoms with Crippen LogP contribution in [0.1, 0.15) is 0 Å². The van der Waals surface area contributed by atoms with Crippen LogP contribution >= 0.6 is 0 Å². The van der Waals surface area contributed by atoms with Crippen LogP contribution in [0.5, 0.6) is 5.75 Å². The fourth-order valence-electron chi connectivity index (χ4n) is 2.37. The van der Waals surface area contributed by atoms with E-state index in [4.69, 9.17) is 4.74 Å². The molecule has 0 unspecified atom stereocenters. The van der Waals surface area contributed by atoms with Gasteiger partial charge in [-0.1, -0.05) is 12.1 Å². The molecule has 0 radical (unpaired) electrons. The summed E-state index contributed by atoms with van der Waals surface area (Å²) in [6.07, 6.45) is 5.22. The van der Waals surface area contributed by atoms with Crippen molar-refractivity contribution >= 4 is 15.8 Å². The molecule has 0 fully saturated rings. The highest BCUT2D eigenvalue weighted by Crippen LogP contribution is 2.22. The van der Waals surface area contributed by atoms with Gasteiger partial charge in [-0.3, -0.25) is 0 Å². The average Bonchev–Trinajstić information content (AvgIpc) is 3.20. The van der Waals surface area contributed by atoms with Crippen molar-refractivity contribution in [2.45, 2.75) is 4.90 Å². The SMILES string of the molecule is COc1ccccc1S(=O)(=O)NCCNc1cc(-n2cccc2)ncn1. The van der Waals surface area contributed by atoms with Crippen LogP contribution < -0.4 is 14.8 Å². The lowest BCUT2D eigenvalue weighted by molar-refractivity contribution is 0.402. The van der Waals surface area contributed by atoms with Gasteiger partial charge in [0, 0.05) is 31.5 Å². The molecule has 8 nitrogen and oxygen atoms in total. The van der Waals surface area contributed by atoms with Gasteiger partial charge >= 0.3 is 0 Å². The van der Waals surface area contributed by atoms with Crippen molar-refractivity contribution in [2.24, 2.45) is 0 Å². The third-order valence-electron chi connectivity index (χ3n) is 3.60. The lowest BCUT2D eigenvalue weighted by Crippen LogP contribution is -2.29. The predicted octanol–water partition coefficient (Wildman–Crippen LogP) is 1.67. The number of nitrogens with one attached hydrogen (secondary N) is 2. The minimum Gasteiger partial charge on any atom is -0.495 e. The van der Waals surface area contributed by atoms with Gasteiger partial charge < -0.3 is 14.6 Å². The number of hydrogen-bond acceptors (Lipinski definition) is 6. The number of benzene rings is 1. The highest BCUT2D eigenvalue weighted by atomic mass is 32.2. The zero-order valence-electron chi connectivity index (χ0n) is 14.2. The molecule has 0 bridgehead atoms. The first-order chi connectivity index (χ1) is 12.6. The van der Waals surface area contributed by atoms with Gasteiger partial charge in [0.25, 0.3) is 0 Å². The van der Waals surface area contributed by atoms with Crippen LogP contribution in [0.3, 0.4) is 0 Å². The summed E-state index contributed by atoms with van der Waals surface area (Å²) in [5, 5.41) is 3.08. The fourth-order valence-corrected chi connectivity index (χ4v) is 3.57. The third-order valence-corrected chi connectivity index (χ3v) is 5.10. The molecule has 3 aromatic rings. The molecule has 3 rings (SSSR count). The molecule has 136 valence electrons. The average molecular weight is 373 g/mol. The first-order valence-corrected chi connectivity index (χ1v) is 9.40. The standard InChI is InChI=1S/C17H19N5O3S/c1-25-14-6-2-3-7-15(14)26(23,24)21-9-8-18-16-12-17(20-13-19-16)22-10-4-5-11-22/h2-7,10-13,21H,8-9H2,1H3,(H,18,19,20). The molecule has 26 heavy (non-hydrogen) atoms. The number of anilines is 1. The molecule has 2 heterocycles. The van der Waals surface area contributed by atoms with E-state index in [1.165, 1.54) is 19.5 Å². The monoisotopic (exact) mass is 373 g/mol. The number of sulfonamides is 1. The van der Waals surface area contributed by atoms with Crippen LogP contribution in [0.25, 0.3) is 5.82 Å². The Morgan fingerprint density at radius 2 is 1.85 bits per heavy atom. The zero-order chi connectivity index (χ0) is 18.4. The van der Waals surface area contributed by atoms with Gasteiger partial charge in [-0.25, -0.2) is 23.1 Å². The van der Waals surface area contributed by atoms with E-state index in [2.05, 4.69) is 20.0 Å². The Morgan fingerprint density at radius 1 is 1.08 bits per heavy atom. The molecule has 1 aromatic carbocycles. The zero-order valence-corrected chi connectivity index (χ0v) is 15.0. The van der Waals surface area contributed by atoms with Crippen molar-refractivity contribution in [1.82, 2.24) is 19.3 Å². The van der Waals surface area contributed by atoms with E-state index in [1.807, 2.05) is 29.1 Å². The number of ether oxygens (including phenoxy) is 1. The molecule has 2 aromatic heterocycles. The highest BCUT2D eigenvalue weighted by Gasteiger charge is 2.18. The smallest absolute Gasteiger partial charge is 0.244 e. The Bertz CT molecular complexity index is 958. The van der Waals surface area contributed by atoms with Gasteiger partial charge in [0.2, 0.25) is 10.0 Å². The second-order valence-electron chi connectivity index (χ2n) is 5.33. The molecule has 0 saturated heterocycles. The van der Waals surface area contributed by atoms with E-state index in [0.717, 1.165) is 5.82 Å². The molecule has 2 N–H and O–H groups in total. The summed E-state index contributed by atoms with van der Waals surface area (Å²) in [7, 11) is -2.22. The van der Waals surface area contributed by atoms with Crippen molar-refractivity contribution in [3.8, 4) is 11.6 Å². The minimum atomic E-state index is -3.65. The second-order valence-corrected chi connectivity index (χ2v) is 7.06. The van der Waals surface area contributed by atoms with Gasteiger partial charge in [-0.15, -0.1) is 0 Å². The largest absolute Gasteiger partial charge is 0.495 e. The first kappa shape index (κ1) is 17.9. The predicted molar refractivity (Wildman–Crippen MR) is 98.0 cm³/mol. The van der Waals surface area contributed by atoms with Crippen molar-refractivity contribution in [2.75, 3.05) is 25.5 Å². The molecular formula is C17H19N5O3S. The Hall–Kier alpha value is -2.91. The van der Waals surface area contributed by atoms with Gasteiger partial charge in [-0.2, -0.15) is 0 Å². The van der Waals surface area contributed by atoms with Crippen LogP contribution in [-0.4, -0.2) is 43.2 Å². The summed E-state index contributed by atoms with van der Waals surface area (Å²) in [5.74, 6) is 1.64. The number of para-hydroxylation sites is 1. The molecule has 0 amide bonds. The molecule has 0 aliphatic rings. The fraction of sp³-hybridized carbons (Fsp3) is 0.176. The summed E-state index contributed by atoms with van der Waals surface area (Å²) in [5.41, 5.74) is 0. The van der Waals surface area contributed by atoms with Gasteiger partial charge in [-0.05, 0) is 24.3 Å². The summed E-state index contributed by atoms with van der Waals surface area (Å²) in [6, 6.07) is 12.1. The number of hydrogen-bond donors (Lipinski definition) is 2. The topological polar surface area (TPSA) is 98.1 Å². The van der Waals surface area contributed by atoms with E-state index in [-0.39, 0.29) is 11.4 Å². The Morgan fingerprint density at radius 3 is 2.62 bits per heavy atom. The lowest BCUT2D eigenvalue weighted by Gasteiger charge is -2.11. The van der Waals surface area contributed by atoms with Crippen molar-refractivity contribution in [3.63, 3.8) is 0 Å². The van der Waals surface area contributed by atoms with Crippen LogP contribution in [0.15, 0.2) is 66.1 Å². The maximum Gasteiger partial charge on any atom is 0.244 e. The summed E-state index contributed by atoms with van der Waals surface area (Å²) >= 11 is 0. The maximum atomic E-state index is 12.4. The van der Waals surface area contributed by atoms with Crippen molar-refractivity contribution < 1.29 is 13.2 Å². The van der Waals surface area contributed by atoms with Crippen molar-refractivity contribution in [1.29, 1.82) is 0 Å². The molecule has 0 saturated carbocycles.